The minimum absolute atomic E-state index is 0.227. The van der Waals surface area contributed by atoms with Gasteiger partial charge in [0.25, 0.3) is 0 Å². The monoisotopic (exact) mass is 427 g/mol. The molecule has 0 aliphatic heterocycles. The summed E-state index contributed by atoms with van der Waals surface area (Å²) < 4.78 is 10.9. The van der Waals surface area contributed by atoms with Gasteiger partial charge in [0.15, 0.2) is 11.5 Å². The molecule has 0 fully saturated rings. The average Bonchev–Trinajstić information content (AvgIpc) is 2.84. The molecule has 0 amide bonds. The fraction of sp³-hybridized carbons (Fsp3) is 0.280. The molecule has 1 aliphatic carbocycles. The number of methoxy groups -OCH3 is 2. The Hall–Kier alpha value is -3.74. The van der Waals surface area contributed by atoms with E-state index in [1.165, 1.54) is 11.3 Å². The molecule has 1 atom stereocenters. The van der Waals surface area contributed by atoms with Crippen molar-refractivity contribution in [2.75, 3.05) is 19.5 Å². The standard InChI is InChI=1S/C25H25N5O2/c1-15-10-16(19-14-28-30-22-12-24(32-3)23(31-2)11-18(19)22)13-27-25(15)29-21-8-4-7-20-17(21)6-5-9-26-20/h5-6,9-14,21H,4,7-8H2,1-3H3,(H,27,29)/t21-/m1/s1. The Labute approximate surface area is 186 Å². The van der Waals surface area contributed by atoms with Crippen molar-refractivity contribution < 1.29 is 9.47 Å². The molecule has 0 saturated heterocycles. The number of ether oxygens (including phenoxy) is 2. The lowest BCUT2D eigenvalue weighted by molar-refractivity contribution is 0.356. The first-order valence-electron chi connectivity index (χ1n) is 10.7. The van der Waals surface area contributed by atoms with Crippen molar-refractivity contribution in [1.82, 2.24) is 20.2 Å². The largest absolute Gasteiger partial charge is 0.493 e. The number of anilines is 1. The number of nitrogens with zero attached hydrogens (tertiary/aromatic N) is 4. The van der Waals surface area contributed by atoms with Gasteiger partial charge in [-0.1, -0.05) is 6.07 Å². The summed E-state index contributed by atoms with van der Waals surface area (Å²) in [5, 5.41) is 13.0. The fourth-order valence-corrected chi connectivity index (χ4v) is 4.41. The maximum atomic E-state index is 5.49. The van der Waals surface area contributed by atoms with E-state index in [1.54, 1.807) is 20.4 Å². The second kappa shape index (κ2) is 8.42. The Kier molecular flexibility index (Phi) is 5.31. The van der Waals surface area contributed by atoms with Gasteiger partial charge >= 0.3 is 0 Å². The van der Waals surface area contributed by atoms with Gasteiger partial charge in [-0.25, -0.2) is 4.98 Å². The smallest absolute Gasteiger partial charge is 0.162 e. The molecule has 0 spiro atoms. The third kappa shape index (κ3) is 3.60. The molecule has 3 heterocycles. The number of nitrogens with one attached hydrogen (secondary N) is 1. The van der Waals surface area contributed by atoms with Crippen molar-refractivity contribution >= 4 is 16.7 Å². The molecule has 1 N–H and O–H groups in total. The van der Waals surface area contributed by atoms with Crippen LogP contribution in [0.4, 0.5) is 5.82 Å². The van der Waals surface area contributed by atoms with Crippen molar-refractivity contribution in [1.29, 1.82) is 0 Å². The molecule has 4 aromatic rings. The lowest BCUT2D eigenvalue weighted by atomic mass is 9.91. The molecule has 0 unspecified atom stereocenters. The minimum Gasteiger partial charge on any atom is -0.493 e. The van der Waals surface area contributed by atoms with E-state index in [-0.39, 0.29) is 6.04 Å². The van der Waals surface area contributed by atoms with Crippen molar-refractivity contribution in [3.05, 3.63) is 65.7 Å². The van der Waals surface area contributed by atoms with E-state index in [1.807, 2.05) is 30.6 Å². The fourth-order valence-electron chi connectivity index (χ4n) is 4.41. The van der Waals surface area contributed by atoms with Crippen LogP contribution in [0, 0.1) is 6.92 Å². The summed E-state index contributed by atoms with van der Waals surface area (Å²) in [5.41, 5.74) is 6.20. The predicted molar refractivity (Wildman–Crippen MR) is 124 cm³/mol. The molecular formula is C25H25N5O2. The SMILES string of the molecule is COc1cc2nncc(-c3cnc(N[C@@H]4CCCc5ncccc54)c(C)c3)c2cc1OC. The third-order valence-corrected chi connectivity index (χ3v) is 6.05. The molecule has 1 aliphatic rings. The van der Waals surface area contributed by atoms with Gasteiger partial charge in [0.1, 0.15) is 5.82 Å². The molecule has 1 aromatic carbocycles. The zero-order chi connectivity index (χ0) is 22.1. The van der Waals surface area contributed by atoms with E-state index >= 15 is 0 Å². The van der Waals surface area contributed by atoms with Crippen LogP contribution in [0.3, 0.4) is 0 Å². The molecule has 5 rings (SSSR count). The second-order valence-electron chi connectivity index (χ2n) is 8.00. The zero-order valence-corrected chi connectivity index (χ0v) is 18.4. The van der Waals surface area contributed by atoms with Crippen LogP contribution in [0.5, 0.6) is 11.5 Å². The van der Waals surface area contributed by atoms with Crippen LogP contribution in [0.1, 0.15) is 35.7 Å². The van der Waals surface area contributed by atoms with Crippen LogP contribution >= 0.6 is 0 Å². The molecule has 7 nitrogen and oxygen atoms in total. The Morgan fingerprint density at radius 2 is 1.88 bits per heavy atom. The van der Waals surface area contributed by atoms with Crippen LogP contribution in [0.15, 0.2) is 48.9 Å². The highest BCUT2D eigenvalue weighted by Gasteiger charge is 2.22. The van der Waals surface area contributed by atoms with E-state index in [2.05, 4.69) is 39.6 Å². The molecule has 3 aromatic heterocycles. The van der Waals surface area contributed by atoms with Gasteiger partial charge in [-0.3, -0.25) is 4.98 Å². The highest BCUT2D eigenvalue weighted by atomic mass is 16.5. The highest BCUT2D eigenvalue weighted by Crippen LogP contribution is 2.37. The molecule has 7 heteroatoms. The molecule has 0 saturated carbocycles. The van der Waals surface area contributed by atoms with Crippen molar-refractivity contribution in [3.8, 4) is 22.6 Å². The molecule has 0 bridgehead atoms. The molecule has 0 radical (unpaired) electrons. The lowest BCUT2D eigenvalue weighted by Crippen LogP contribution is -2.19. The van der Waals surface area contributed by atoms with E-state index < -0.39 is 0 Å². The molecule has 162 valence electrons. The zero-order valence-electron chi connectivity index (χ0n) is 18.4. The Morgan fingerprint density at radius 3 is 2.69 bits per heavy atom. The average molecular weight is 428 g/mol. The first-order valence-corrected chi connectivity index (χ1v) is 10.7. The Bertz CT molecular complexity index is 1290. The summed E-state index contributed by atoms with van der Waals surface area (Å²) in [7, 11) is 3.24. The van der Waals surface area contributed by atoms with Gasteiger partial charge in [-0.05, 0) is 55.5 Å². The topological polar surface area (TPSA) is 82.1 Å². The normalized spacial score (nSPS) is 15.3. The van der Waals surface area contributed by atoms with E-state index in [0.29, 0.717) is 11.5 Å². The van der Waals surface area contributed by atoms with Crippen molar-refractivity contribution in [2.45, 2.75) is 32.2 Å². The van der Waals surface area contributed by atoms with Gasteiger partial charge in [0.05, 0.1) is 32.0 Å². The van der Waals surface area contributed by atoms with E-state index in [0.717, 1.165) is 52.7 Å². The number of fused-ring (bicyclic) bond motifs is 2. The summed E-state index contributed by atoms with van der Waals surface area (Å²) in [6.07, 6.45) is 8.75. The van der Waals surface area contributed by atoms with Crippen molar-refractivity contribution in [2.24, 2.45) is 0 Å². The maximum Gasteiger partial charge on any atom is 0.162 e. The molecule has 32 heavy (non-hydrogen) atoms. The van der Waals surface area contributed by atoms with Gasteiger partial charge < -0.3 is 14.8 Å². The maximum absolute atomic E-state index is 5.49. The summed E-state index contributed by atoms with van der Waals surface area (Å²) >= 11 is 0. The summed E-state index contributed by atoms with van der Waals surface area (Å²) in [6, 6.07) is 10.3. The quantitative estimate of drug-likeness (QED) is 0.485. The predicted octanol–water partition coefficient (Wildman–Crippen LogP) is 4.90. The van der Waals surface area contributed by atoms with Gasteiger partial charge in [-0.2, -0.15) is 10.2 Å². The van der Waals surface area contributed by atoms with Gasteiger partial charge in [-0.15, -0.1) is 0 Å². The van der Waals surface area contributed by atoms with Crippen LogP contribution in [0.25, 0.3) is 22.0 Å². The number of benzene rings is 1. The summed E-state index contributed by atoms with van der Waals surface area (Å²) in [4.78, 5) is 9.32. The first-order chi connectivity index (χ1) is 15.7. The third-order valence-electron chi connectivity index (χ3n) is 6.05. The Morgan fingerprint density at radius 1 is 1.03 bits per heavy atom. The van der Waals surface area contributed by atoms with Gasteiger partial charge in [0.2, 0.25) is 0 Å². The number of aromatic nitrogens is 4. The molecular weight excluding hydrogens is 402 g/mol. The number of hydrogen-bond acceptors (Lipinski definition) is 7. The first kappa shape index (κ1) is 20.2. The number of hydrogen-bond donors (Lipinski definition) is 1. The summed E-state index contributed by atoms with van der Waals surface area (Å²) in [6.45, 7) is 2.08. The van der Waals surface area contributed by atoms with Crippen molar-refractivity contribution in [3.63, 3.8) is 0 Å². The van der Waals surface area contributed by atoms with Crippen LogP contribution in [-0.2, 0) is 6.42 Å². The van der Waals surface area contributed by atoms with Gasteiger partial charge in [0, 0.05) is 40.7 Å². The van der Waals surface area contributed by atoms with Crippen LogP contribution < -0.4 is 14.8 Å². The van der Waals surface area contributed by atoms with E-state index in [4.69, 9.17) is 14.5 Å². The van der Waals surface area contributed by atoms with Crippen LogP contribution in [0.2, 0.25) is 0 Å². The second-order valence-corrected chi connectivity index (χ2v) is 8.00. The highest BCUT2D eigenvalue weighted by molar-refractivity contribution is 5.95. The lowest BCUT2D eigenvalue weighted by Gasteiger charge is -2.26. The minimum atomic E-state index is 0.227. The number of pyridine rings is 2. The number of rotatable bonds is 5. The number of aryl methyl sites for hydroxylation is 2. The van der Waals surface area contributed by atoms with E-state index in [9.17, 15) is 0 Å². The summed E-state index contributed by atoms with van der Waals surface area (Å²) in [5.74, 6) is 2.17. The Balaban J connectivity index is 1.50. The van der Waals surface area contributed by atoms with Crippen LogP contribution in [-0.4, -0.2) is 34.4 Å².